The van der Waals surface area contributed by atoms with Gasteiger partial charge in [0.25, 0.3) is 0 Å². The van der Waals surface area contributed by atoms with Crippen molar-refractivity contribution >= 4 is 45.2 Å². The lowest BCUT2D eigenvalue weighted by molar-refractivity contribution is 0.318. The number of benzene rings is 1. The fourth-order valence-electron chi connectivity index (χ4n) is 2.01. The number of halogens is 2. The number of rotatable bonds is 3. The Kier molecular flexibility index (Phi) is 5.11. The zero-order valence-electron chi connectivity index (χ0n) is 11.2. The fraction of sp³-hybridized carbons (Fsp3) is 0.500. The van der Waals surface area contributed by atoms with E-state index in [0.29, 0.717) is 5.41 Å². The molecule has 104 valence electrons. The Morgan fingerprint density at radius 1 is 1.42 bits per heavy atom. The van der Waals surface area contributed by atoms with E-state index < -0.39 is 0 Å². The van der Waals surface area contributed by atoms with Gasteiger partial charge in [0.2, 0.25) is 0 Å². The molecule has 0 saturated carbocycles. The molecule has 0 aliphatic carbocycles. The van der Waals surface area contributed by atoms with Gasteiger partial charge in [-0.05, 0) is 59.0 Å². The second kappa shape index (κ2) is 6.43. The smallest absolute Gasteiger partial charge is 0.161 e. The topological polar surface area (TPSA) is 24.4 Å². The van der Waals surface area contributed by atoms with Crippen LogP contribution in [0.25, 0.3) is 0 Å². The van der Waals surface area contributed by atoms with Gasteiger partial charge in [-0.1, -0.05) is 25.6 Å². The van der Waals surface area contributed by atoms with Crippen LogP contribution in [-0.4, -0.2) is 17.5 Å². The lowest BCUT2D eigenvalue weighted by atomic mass is 9.84. The van der Waals surface area contributed by atoms with Gasteiger partial charge in [-0.15, -0.1) is 0 Å². The number of hydrogen-bond donors (Lipinski definition) is 1. The highest BCUT2D eigenvalue weighted by atomic mass is 127. The summed E-state index contributed by atoms with van der Waals surface area (Å²) in [4.78, 5) is 4.65. The highest BCUT2D eigenvalue weighted by molar-refractivity contribution is 14.1. The normalized spacial score (nSPS) is 18.0. The molecule has 1 aromatic rings. The van der Waals surface area contributed by atoms with Gasteiger partial charge < -0.3 is 5.32 Å². The summed E-state index contributed by atoms with van der Waals surface area (Å²) in [5.74, 6) is 0.896. The summed E-state index contributed by atoms with van der Waals surface area (Å²) >= 11 is 3.91. The number of thioether (sulfide) groups is 1. The van der Waals surface area contributed by atoms with Crippen LogP contribution < -0.4 is 5.32 Å². The molecule has 2 rings (SSSR count). The van der Waals surface area contributed by atoms with Crippen LogP contribution in [0.1, 0.15) is 26.7 Å². The molecule has 1 N–H and O–H groups in total. The van der Waals surface area contributed by atoms with Crippen LogP contribution >= 0.6 is 34.4 Å². The Bertz CT molecular complexity index is 486. The lowest BCUT2D eigenvalue weighted by Crippen LogP contribution is -2.32. The fourth-order valence-corrected chi connectivity index (χ4v) is 3.90. The van der Waals surface area contributed by atoms with E-state index in [1.165, 1.54) is 25.0 Å². The second-order valence-corrected chi connectivity index (χ2v) is 6.99. The van der Waals surface area contributed by atoms with Crippen molar-refractivity contribution in [1.82, 2.24) is 0 Å². The summed E-state index contributed by atoms with van der Waals surface area (Å²) in [6, 6.07) is 4.77. The number of hydrogen-bond acceptors (Lipinski definition) is 3. The first-order valence-corrected chi connectivity index (χ1v) is 8.54. The molecule has 0 atom stereocenters. The molecule has 0 bridgehead atoms. The van der Waals surface area contributed by atoms with Gasteiger partial charge in [-0.2, -0.15) is 0 Å². The standard InChI is InChI=1S/C14H18FIN2S/c1-3-14(4-2)8-17-13(19-9-14)18-12-6-5-10(15)7-11(12)16/h5-7H,3-4,8-9H2,1-2H3,(H,17,18). The summed E-state index contributed by atoms with van der Waals surface area (Å²) in [6.07, 6.45) is 2.34. The van der Waals surface area contributed by atoms with E-state index in [1.807, 2.05) is 0 Å². The summed E-state index contributed by atoms with van der Waals surface area (Å²) < 4.78 is 13.9. The van der Waals surface area contributed by atoms with E-state index in [-0.39, 0.29) is 5.82 Å². The molecule has 1 aliphatic rings. The third kappa shape index (κ3) is 3.62. The third-order valence-electron chi connectivity index (χ3n) is 3.75. The van der Waals surface area contributed by atoms with Crippen molar-refractivity contribution in [2.45, 2.75) is 26.7 Å². The van der Waals surface area contributed by atoms with Crippen molar-refractivity contribution in [2.75, 3.05) is 17.6 Å². The Labute approximate surface area is 131 Å². The van der Waals surface area contributed by atoms with Crippen LogP contribution in [0.2, 0.25) is 0 Å². The van der Waals surface area contributed by atoms with E-state index in [4.69, 9.17) is 0 Å². The minimum absolute atomic E-state index is 0.204. The van der Waals surface area contributed by atoms with Crippen LogP contribution in [0.3, 0.4) is 0 Å². The average molecular weight is 392 g/mol. The molecule has 0 aromatic heterocycles. The average Bonchev–Trinajstić information content (AvgIpc) is 2.43. The van der Waals surface area contributed by atoms with Crippen molar-refractivity contribution in [1.29, 1.82) is 0 Å². The van der Waals surface area contributed by atoms with E-state index in [0.717, 1.165) is 26.7 Å². The Morgan fingerprint density at radius 2 is 2.16 bits per heavy atom. The maximum Gasteiger partial charge on any atom is 0.161 e. The van der Waals surface area contributed by atoms with Crippen LogP contribution in [-0.2, 0) is 0 Å². The number of aliphatic imine (C=N–C) groups is 1. The Balaban J connectivity index is 2.07. The maximum absolute atomic E-state index is 13.1. The van der Waals surface area contributed by atoms with Crippen molar-refractivity contribution in [3.8, 4) is 0 Å². The summed E-state index contributed by atoms with van der Waals surface area (Å²) in [6.45, 7) is 5.36. The molecule has 0 spiro atoms. The molecule has 1 aromatic carbocycles. The van der Waals surface area contributed by atoms with Crippen LogP contribution in [0.15, 0.2) is 23.2 Å². The minimum Gasteiger partial charge on any atom is -0.334 e. The van der Waals surface area contributed by atoms with Crippen molar-refractivity contribution in [3.05, 3.63) is 27.6 Å². The van der Waals surface area contributed by atoms with Gasteiger partial charge in [-0.25, -0.2) is 4.39 Å². The van der Waals surface area contributed by atoms with Crippen LogP contribution in [0.4, 0.5) is 10.1 Å². The van der Waals surface area contributed by atoms with Crippen LogP contribution in [0.5, 0.6) is 0 Å². The molecule has 0 amide bonds. The summed E-state index contributed by atoms with van der Waals surface area (Å²) in [7, 11) is 0. The van der Waals surface area contributed by atoms with Crippen LogP contribution in [0, 0.1) is 14.8 Å². The van der Waals surface area contributed by atoms with Crippen molar-refractivity contribution in [3.63, 3.8) is 0 Å². The number of amidine groups is 1. The molecule has 1 aliphatic heterocycles. The molecule has 0 radical (unpaired) electrons. The monoisotopic (exact) mass is 392 g/mol. The largest absolute Gasteiger partial charge is 0.334 e. The zero-order valence-corrected chi connectivity index (χ0v) is 14.1. The zero-order chi connectivity index (χ0) is 13.9. The minimum atomic E-state index is -0.204. The predicted molar refractivity (Wildman–Crippen MR) is 90.5 cm³/mol. The highest BCUT2D eigenvalue weighted by Crippen LogP contribution is 2.35. The number of anilines is 1. The van der Waals surface area contributed by atoms with E-state index in [9.17, 15) is 4.39 Å². The van der Waals surface area contributed by atoms with Gasteiger partial charge in [0.05, 0.1) is 5.69 Å². The summed E-state index contributed by atoms with van der Waals surface area (Å²) in [5.41, 5.74) is 1.28. The Hall–Kier alpha value is -0.300. The molecule has 1 heterocycles. The molecule has 0 unspecified atom stereocenters. The first kappa shape index (κ1) is 15.1. The van der Waals surface area contributed by atoms with Gasteiger partial charge in [0.15, 0.2) is 5.17 Å². The molecule has 19 heavy (non-hydrogen) atoms. The first-order chi connectivity index (χ1) is 9.08. The number of nitrogens with one attached hydrogen (secondary N) is 1. The van der Waals surface area contributed by atoms with Gasteiger partial charge in [-0.3, -0.25) is 4.99 Å². The quantitative estimate of drug-likeness (QED) is 0.751. The van der Waals surface area contributed by atoms with Crippen molar-refractivity contribution < 1.29 is 4.39 Å². The number of nitrogens with zero attached hydrogens (tertiary/aromatic N) is 1. The first-order valence-electron chi connectivity index (χ1n) is 6.48. The van der Waals surface area contributed by atoms with Gasteiger partial charge in [0.1, 0.15) is 5.82 Å². The van der Waals surface area contributed by atoms with E-state index in [1.54, 1.807) is 17.8 Å². The SMILES string of the molecule is CCC1(CC)CN=C(Nc2ccc(F)cc2I)SC1. The Morgan fingerprint density at radius 3 is 2.68 bits per heavy atom. The molecular formula is C14H18FIN2S. The molecular weight excluding hydrogens is 374 g/mol. The van der Waals surface area contributed by atoms with Crippen molar-refractivity contribution in [2.24, 2.45) is 10.4 Å². The predicted octanol–water partition coefficient (Wildman–Crippen LogP) is 4.75. The lowest BCUT2D eigenvalue weighted by Gasteiger charge is -2.33. The third-order valence-corrected chi connectivity index (χ3v) is 5.90. The van der Waals surface area contributed by atoms with E-state index >= 15 is 0 Å². The highest BCUT2D eigenvalue weighted by Gasteiger charge is 2.30. The molecule has 2 nitrogen and oxygen atoms in total. The van der Waals surface area contributed by atoms with Gasteiger partial charge in [0, 0.05) is 15.9 Å². The molecule has 5 heteroatoms. The summed E-state index contributed by atoms with van der Waals surface area (Å²) in [5, 5.41) is 4.25. The van der Waals surface area contributed by atoms with E-state index in [2.05, 4.69) is 46.7 Å². The molecule has 0 fully saturated rings. The second-order valence-electron chi connectivity index (χ2n) is 4.87. The molecule has 0 saturated heterocycles. The maximum atomic E-state index is 13.1. The van der Waals surface area contributed by atoms with Gasteiger partial charge >= 0.3 is 0 Å².